The first-order valence-corrected chi connectivity index (χ1v) is 8.52. The molecule has 0 spiro atoms. The maximum atomic E-state index is 6.12. The second-order valence-electron chi connectivity index (χ2n) is 7.36. The van der Waals surface area contributed by atoms with Crippen molar-refractivity contribution in [3.05, 3.63) is 30.5 Å². The van der Waals surface area contributed by atoms with Gasteiger partial charge in [0.05, 0.1) is 25.4 Å². The molecule has 138 valence electrons. The lowest BCUT2D eigenvalue weighted by Gasteiger charge is -2.32. The number of rotatable bonds is 4. The SMILES string of the molecule is COc1ccc(-c2cnc(N)c(B3OC(C)(C)C(C)(C)O3)c2)cc1OC. The number of nitrogens with zero attached hydrogens (tertiary/aromatic N) is 1. The van der Waals surface area contributed by atoms with Gasteiger partial charge >= 0.3 is 7.12 Å². The second-order valence-corrected chi connectivity index (χ2v) is 7.36. The van der Waals surface area contributed by atoms with Gasteiger partial charge in [-0.1, -0.05) is 6.07 Å². The standard InChI is InChI=1S/C19H25BN2O4/c1-18(2)19(3,4)26-20(25-18)14-9-13(11-22-17(14)21)12-7-8-15(23-5)16(10-12)24-6/h7-11H,1-6H3,(H2,21,22). The van der Waals surface area contributed by atoms with Crippen molar-refractivity contribution in [3.8, 4) is 22.6 Å². The van der Waals surface area contributed by atoms with Gasteiger partial charge in [0.2, 0.25) is 0 Å². The largest absolute Gasteiger partial charge is 0.498 e. The van der Waals surface area contributed by atoms with E-state index in [9.17, 15) is 0 Å². The van der Waals surface area contributed by atoms with Crippen molar-refractivity contribution >= 4 is 18.4 Å². The highest BCUT2D eigenvalue weighted by molar-refractivity contribution is 6.63. The van der Waals surface area contributed by atoms with Crippen molar-refractivity contribution in [1.29, 1.82) is 0 Å². The Hall–Kier alpha value is -2.25. The van der Waals surface area contributed by atoms with Gasteiger partial charge in [0, 0.05) is 11.7 Å². The number of anilines is 1. The molecule has 1 aliphatic rings. The van der Waals surface area contributed by atoms with Crippen LogP contribution in [0.3, 0.4) is 0 Å². The molecule has 0 radical (unpaired) electrons. The highest BCUT2D eigenvalue weighted by atomic mass is 16.7. The molecule has 0 amide bonds. The Labute approximate surface area is 154 Å². The second kappa shape index (κ2) is 6.48. The van der Waals surface area contributed by atoms with Crippen LogP contribution >= 0.6 is 0 Å². The van der Waals surface area contributed by atoms with Gasteiger partial charge in [-0.25, -0.2) is 4.98 Å². The molecule has 6 nitrogen and oxygen atoms in total. The predicted octanol–water partition coefficient (Wildman–Crippen LogP) is 2.65. The summed E-state index contributed by atoms with van der Waals surface area (Å²) in [7, 11) is 2.66. The number of hydrogen-bond donors (Lipinski definition) is 1. The molecule has 1 fully saturated rings. The minimum Gasteiger partial charge on any atom is -0.493 e. The summed E-state index contributed by atoms with van der Waals surface area (Å²) in [6.07, 6.45) is 1.73. The molecule has 1 saturated heterocycles. The van der Waals surface area contributed by atoms with Gasteiger partial charge in [-0.2, -0.15) is 0 Å². The van der Waals surface area contributed by atoms with Crippen LogP contribution in [0.4, 0.5) is 5.82 Å². The molecular weight excluding hydrogens is 331 g/mol. The lowest BCUT2D eigenvalue weighted by atomic mass is 9.78. The first kappa shape index (κ1) is 18.5. The molecule has 1 aliphatic heterocycles. The number of pyridine rings is 1. The summed E-state index contributed by atoms with van der Waals surface area (Å²) in [5.74, 6) is 1.72. The fourth-order valence-corrected chi connectivity index (χ4v) is 2.82. The van der Waals surface area contributed by atoms with E-state index in [1.54, 1.807) is 20.4 Å². The average molecular weight is 356 g/mol. The molecule has 26 heavy (non-hydrogen) atoms. The van der Waals surface area contributed by atoms with Crippen molar-refractivity contribution in [2.24, 2.45) is 0 Å². The van der Waals surface area contributed by atoms with Gasteiger partial charge in [-0.15, -0.1) is 0 Å². The smallest absolute Gasteiger partial charge is 0.493 e. The molecule has 0 bridgehead atoms. The number of hydrogen-bond acceptors (Lipinski definition) is 6. The molecule has 0 aliphatic carbocycles. The van der Waals surface area contributed by atoms with Crippen LogP contribution in [0.25, 0.3) is 11.1 Å². The molecule has 2 heterocycles. The number of aromatic nitrogens is 1. The first-order valence-electron chi connectivity index (χ1n) is 8.52. The molecule has 0 unspecified atom stereocenters. The van der Waals surface area contributed by atoms with Gasteiger partial charge in [-0.05, 0) is 57.0 Å². The summed E-state index contributed by atoms with van der Waals surface area (Å²) >= 11 is 0. The van der Waals surface area contributed by atoms with E-state index in [-0.39, 0.29) is 0 Å². The number of methoxy groups -OCH3 is 2. The van der Waals surface area contributed by atoms with Crippen LogP contribution < -0.4 is 20.7 Å². The van der Waals surface area contributed by atoms with E-state index in [4.69, 9.17) is 24.5 Å². The van der Waals surface area contributed by atoms with Crippen LogP contribution in [0.2, 0.25) is 0 Å². The zero-order chi connectivity index (χ0) is 19.1. The summed E-state index contributed by atoms with van der Waals surface area (Å²) < 4.78 is 22.9. The Balaban J connectivity index is 1.99. The lowest BCUT2D eigenvalue weighted by molar-refractivity contribution is 0.00578. The molecule has 0 atom stereocenters. The van der Waals surface area contributed by atoms with Gasteiger partial charge < -0.3 is 24.5 Å². The van der Waals surface area contributed by atoms with Gasteiger partial charge in [0.25, 0.3) is 0 Å². The van der Waals surface area contributed by atoms with Crippen LogP contribution in [0.15, 0.2) is 30.5 Å². The first-order chi connectivity index (χ1) is 12.2. The van der Waals surface area contributed by atoms with Crippen LogP contribution in [-0.4, -0.2) is 37.5 Å². The third-order valence-corrected chi connectivity index (χ3v) is 5.17. The van der Waals surface area contributed by atoms with Gasteiger partial charge in [-0.3, -0.25) is 0 Å². The lowest BCUT2D eigenvalue weighted by Crippen LogP contribution is -2.41. The number of benzene rings is 1. The topological polar surface area (TPSA) is 75.8 Å². The van der Waals surface area contributed by atoms with Crippen LogP contribution in [-0.2, 0) is 9.31 Å². The minimum atomic E-state index is -0.562. The zero-order valence-corrected chi connectivity index (χ0v) is 16.1. The van der Waals surface area contributed by atoms with Crippen molar-refractivity contribution < 1.29 is 18.8 Å². The molecule has 2 aromatic rings. The molecule has 2 N–H and O–H groups in total. The Bertz CT molecular complexity index is 807. The summed E-state index contributed by atoms with van der Waals surface area (Å²) in [5.41, 5.74) is 7.78. The van der Waals surface area contributed by atoms with Crippen molar-refractivity contribution in [2.45, 2.75) is 38.9 Å². The van der Waals surface area contributed by atoms with Crippen LogP contribution in [0, 0.1) is 0 Å². The average Bonchev–Trinajstić information content (AvgIpc) is 2.82. The van der Waals surface area contributed by atoms with E-state index >= 15 is 0 Å². The summed E-state index contributed by atoms with van der Waals surface area (Å²) in [5, 5.41) is 0. The normalized spacial score (nSPS) is 18.0. The molecule has 3 rings (SSSR count). The summed E-state index contributed by atoms with van der Waals surface area (Å²) in [4.78, 5) is 4.34. The van der Waals surface area contributed by atoms with E-state index in [1.165, 1.54) is 0 Å². The highest BCUT2D eigenvalue weighted by Crippen LogP contribution is 2.37. The molecule has 1 aromatic carbocycles. The predicted molar refractivity (Wildman–Crippen MR) is 103 cm³/mol. The number of ether oxygens (including phenoxy) is 2. The Morgan fingerprint density at radius 3 is 2.12 bits per heavy atom. The van der Waals surface area contributed by atoms with E-state index in [1.807, 2.05) is 52.0 Å². The third kappa shape index (κ3) is 3.13. The third-order valence-electron chi connectivity index (χ3n) is 5.17. The van der Waals surface area contributed by atoms with E-state index in [0.717, 1.165) is 16.6 Å². The molecular formula is C19H25BN2O4. The quantitative estimate of drug-likeness (QED) is 0.849. The van der Waals surface area contributed by atoms with Gasteiger partial charge in [0.15, 0.2) is 11.5 Å². The zero-order valence-electron chi connectivity index (χ0n) is 16.1. The van der Waals surface area contributed by atoms with E-state index in [2.05, 4.69) is 4.98 Å². The van der Waals surface area contributed by atoms with Gasteiger partial charge in [0.1, 0.15) is 5.82 Å². The van der Waals surface area contributed by atoms with Crippen molar-refractivity contribution in [1.82, 2.24) is 4.98 Å². The maximum Gasteiger partial charge on any atom is 0.498 e. The van der Waals surface area contributed by atoms with Crippen LogP contribution in [0.1, 0.15) is 27.7 Å². The summed E-state index contributed by atoms with van der Waals surface area (Å²) in [6, 6.07) is 7.66. The fraction of sp³-hybridized carbons (Fsp3) is 0.421. The van der Waals surface area contributed by atoms with Crippen molar-refractivity contribution in [2.75, 3.05) is 20.0 Å². The Morgan fingerprint density at radius 2 is 1.54 bits per heavy atom. The van der Waals surface area contributed by atoms with E-state index in [0.29, 0.717) is 17.3 Å². The maximum absolute atomic E-state index is 6.12. The van der Waals surface area contributed by atoms with Crippen LogP contribution in [0.5, 0.6) is 11.5 Å². The fourth-order valence-electron chi connectivity index (χ4n) is 2.82. The summed E-state index contributed by atoms with van der Waals surface area (Å²) in [6.45, 7) is 8.03. The minimum absolute atomic E-state index is 0.396. The van der Waals surface area contributed by atoms with E-state index < -0.39 is 18.3 Å². The Morgan fingerprint density at radius 1 is 0.923 bits per heavy atom. The molecule has 1 aromatic heterocycles. The molecule has 7 heteroatoms. The van der Waals surface area contributed by atoms with Crippen molar-refractivity contribution in [3.63, 3.8) is 0 Å². The highest BCUT2D eigenvalue weighted by Gasteiger charge is 2.52. The monoisotopic (exact) mass is 356 g/mol. The number of nitrogen functional groups attached to an aromatic ring is 1. The molecule has 0 saturated carbocycles. The number of nitrogens with two attached hydrogens (primary N) is 1. The Kier molecular flexibility index (Phi) is 4.62.